The van der Waals surface area contributed by atoms with Crippen molar-refractivity contribution >= 4 is 11.2 Å². The molecule has 6 nitrogen and oxygen atoms in total. The lowest BCUT2D eigenvalue weighted by Gasteiger charge is -2.38. The molecule has 0 saturated heterocycles. The summed E-state index contributed by atoms with van der Waals surface area (Å²) >= 11 is 0. The van der Waals surface area contributed by atoms with Gasteiger partial charge in [0.25, 0.3) is 0 Å². The average Bonchev–Trinajstić information content (AvgIpc) is 3.37. The van der Waals surface area contributed by atoms with Crippen LogP contribution in [0, 0.1) is 13.8 Å². The van der Waals surface area contributed by atoms with Crippen LogP contribution in [0.4, 0.5) is 0 Å². The summed E-state index contributed by atoms with van der Waals surface area (Å²) in [5, 5.41) is 4.07. The third-order valence-electron chi connectivity index (χ3n) is 6.72. The molecule has 1 saturated carbocycles. The molecule has 0 bridgehead atoms. The van der Waals surface area contributed by atoms with Crippen molar-refractivity contribution in [1.82, 2.24) is 15.1 Å². The number of aryl methyl sites for hydroxylation is 2. The summed E-state index contributed by atoms with van der Waals surface area (Å²) < 4.78 is 11.6. The summed E-state index contributed by atoms with van der Waals surface area (Å²) in [5.41, 5.74) is 14.0. The summed E-state index contributed by atoms with van der Waals surface area (Å²) in [6.07, 6.45) is 4.97. The molecule has 0 unspecified atom stereocenters. The summed E-state index contributed by atoms with van der Waals surface area (Å²) in [6.45, 7) is 3.79. The minimum atomic E-state index is -0.193. The Kier molecular flexibility index (Phi) is 4.45. The van der Waals surface area contributed by atoms with Gasteiger partial charge in [0, 0.05) is 11.1 Å². The van der Waals surface area contributed by atoms with Gasteiger partial charge in [0.2, 0.25) is 5.71 Å². The predicted octanol–water partition coefficient (Wildman–Crippen LogP) is 6.17. The van der Waals surface area contributed by atoms with Gasteiger partial charge >= 0.3 is 0 Å². The number of aromatic nitrogens is 3. The second kappa shape index (κ2) is 7.39. The third-order valence-corrected chi connectivity index (χ3v) is 6.72. The lowest BCUT2D eigenvalue weighted by Crippen LogP contribution is -2.43. The van der Waals surface area contributed by atoms with Gasteiger partial charge in [0.1, 0.15) is 17.0 Å². The Morgan fingerprint density at radius 1 is 0.909 bits per heavy atom. The lowest BCUT2D eigenvalue weighted by atomic mass is 9.72. The number of furan rings is 1. The van der Waals surface area contributed by atoms with Crippen molar-refractivity contribution in [3.8, 4) is 33.7 Å². The van der Waals surface area contributed by atoms with Crippen LogP contribution in [0.15, 0.2) is 69.7 Å². The normalized spacial score (nSPS) is 15.0. The zero-order valence-electron chi connectivity index (χ0n) is 18.6. The van der Waals surface area contributed by atoms with Crippen molar-refractivity contribution in [3.05, 3.63) is 77.8 Å². The first-order valence-electron chi connectivity index (χ1n) is 11.2. The smallest absolute Gasteiger partial charge is 0.246 e. The van der Waals surface area contributed by atoms with Gasteiger partial charge in [-0.3, -0.25) is 0 Å². The van der Waals surface area contributed by atoms with E-state index in [0.29, 0.717) is 22.7 Å². The molecular weight excluding hydrogens is 412 g/mol. The van der Waals surface area contributed by atoms with E-state index in [1.165, 1.54) is 12.0 Å². The highest BCUT2D eigenvalue weighted by atomic mass is 16.5. The van der Waals surface area contributed by atoms with Crippen LogP contribution in [0.1, 0.15) is 36.3 Å². The molecule has 0 aliphatic heterocycles. The number of fused-ring (bicyclic) bond motifs is 1. The van der Waals surface area contributed by atoms with E-state index in [-0.39, 0.29) is 5.54 Å². The van der Waals surface area contributed by atoms with E-state index in [1.54, 1.807) is 6.20 Å². The Bertz CT molecular complexity index is 1440. The Hall–Kier alpha value is -3.77. The number of nitrogens with zero attached hydrogens (tertiary/aromatic N) is 3. The van der Waals surface area contributed by atoms with Gasteiger partial charge in [-0.25, -0.2) is 9.97 Å². The van der Waals surface area contributed by atoms with Gasteiger partial charge in [0.15, 0.2) is 0 Å². The third kappa shape index (κ3) is 3.17. The highest BCUT2D eigenvalue weighted by Crippen LogP contribution is 2.42. The Labute approximate surface area is 191 Å². The van der Waals surface area contributed by atoms with Crippen molar-refractivity contribution in [1.29, 1.82) is 0 Å². The molecule has 0 atom stereocenters. The molecule has 1 aliphatic carbocycles. The molecule has 33 heavy (non-hydrogen) atoms. The predicted molar refractivity (Wildman–Crippen MR) is 127 cm³/mol. The largest absolute Gasteiger partial charge is 0.436 e. The fourth-order valence-electron chi connectivity index (χ4n) is 4.72. The van der Waals surface area contributed by atoms with Gasteiger partial charge in [-0.15, -0.1) is 0 Å². The van der Waals surface area contributed by atoms with Crippen LogP contribution in [-0.2, 0) is 5.54 Å². The Morgan fingerprint density at radius 2 is 1.67 bits per heavy atom. The van der Waals surface area contributed by atoms with Gasteiger partial charge in [-0.2, -0.15) is 0 Å². The molecule has 0 amide bonds. The topological polar surface area (TPSA) is 91.0 Å². The molecule has 2 aromatic carbocycles. The molecule has 0 radical (unpaired) electrons. The second-order valence-corrected chi connectivity index (χ2v) is 8.87. The first-order valence-corrected chi connectivity index (χ1v) is 11.2. The van der Waals surface area contributed by atoms with E-state index < -0.39 is 0 Å². The number of hydrogen-bond donors (Lipinski definition) is 1. The summed E-state index contributed by atoms with van der Waals surface area (Å²) in [4.78, 5) is 9.58. The van der Waals surface area contributed by atoms with Crippen LogP contribution in [0.5, 0.6) is 0 Å². The summed E-state index contributed by atoms with van der Waals surface area (Å²) in [7, 11) is 0. The molecule has 2 N–H and O–H groups in total. The van der Waals surface area contributed by atoms with Crippen molar-refractivity contribution in [3.63, 3.8) is 0 Å². The molecule has 6 rings (SSSR count). The average molecular weight is 437 g/mol. The molecule has 1 fully saturated rings. The van der Waals surface area contributed by atoms with Crippen LogP contribution < -0.4 is 5.73 Å². The van der Waals surface area contributed by atoms with E-state index in [9.17, 15) is 0 Å². The SMILES string of the molecule is Cc1noc(C)c1-c1cnc2oc(-c3ccc(C4(N)CCC4)cc3)c(-c3ccccc3)c2n1. The summed E-state index contributed by atoms with van der Waals surface area (Å²) in [5.74, 6) is 1.46. The zero-order chi connectivity index (χ0) is 22.6. The fraction of sp³-hybridized carbons (Fsp3) is 0.222. The van der Waals surface area contributed by atoms with Crippen LogP contribution in [0.2, 0.25) is 0 Å². The second-order valence-electron chi connectivity index (χ2n) is 8.87. The minimum absolute atomic E-state index is 0.193. The maximum Gasteiger partial charge on any atom is 0.246 e. The molecule has 6 heteroatoms. The van der Waals surface area contributed by atoms with Crippen molar-refractivity contribution in [2.24, 2.45) is 5.73 Å². The minimum Gasteiger partial charge on any atom is -0.436 e. The van der Waals surface area contributed by atoms with Gasteiger partial charge in [-0.05, 0) is 44.2 Å². The van der Waals surface area contributed by atoms with Crippen molar-refractivity contribution in [2.75, 3.05) is 0 Å². The number of nitrogens with two attached hydrogens (primary N) is 1. The highest BCUT2D eigenvalue weighted by Gasteiger charge is 2.34. The monoisotopic (exact) mass is 436 g/mol. The summed E-state index contributed by atoms with van der Waals surface area (Å²) in [6, 6.07) is 18.6. The van der Waals surface area contributed by atoms with Crippen LogP contribution in [0.25, 0.3) is 44.9 Å². The first-order chi connectivity index (χ1) is 16.0. The zero-order valence-corrected chi connectivity index (χ0v) is 18.6. The number of rotatable bonds is 4. The van der Waals surface area contributed by atoms with E-state index in [2.05, 4.69) is 46.5 Å². The van der Waals surface area contributed by atoms with E-state index in [4.69, 9.17) is 19.7 Å². The van der Waals surface area contributed by atoms with Crippen molar-refractivity contribution in [2.45, 2.75) is 38.6 Å². The molecule has 3 aromatic heterocycles. The standard InChI is InChI=1S/C27H24N4O2/c1-16-22(17(2)33-31-16)21-15-29-26-24(30-21)23(18-7-4-3-5-8-18)25(32-26)19-9-11-20(12-10-19)27(28)13-6-14-27/h3-5,7-12,15H,6,13-14,28H2,1-2H3. The van der Waals surface area contributed by atoms with Crippen molar-refractivity contribution < 1.29 is 8.94 Å². The number of hydrogen-bond acceptors (Lipinski definition) is 6. The molecule has 3 heterocycles. The lowest BCUT2D eigenvalue weighted by molar-refractivity contribution is 0.253. The van der Waals surface area contributed by atoms with Gasteiger partial charge < -0.3 is 14.7 Å². The quantitative estimate of drug-likeness (QED) is 0.362. The fourth-order valence-corrected chi connectivity index (χ4v) is 4.72. The Morgan fingerprint density at radius 3 is 2.30 bits per heavy atom. The van der Waals surface area contributed by atoms with Crippen LogP contribution in [-0.4, -0.2) is 15.1 Å². The van der Waals surface area contributed by atoms with Crippen LogP contribution >= 0.6 is 0 Å². The maximum atomic E-state index is 6.53. The molecule has 5 aromatic rings. The first kappa shape index (κ1) is 19.9. The molecule has 164 valence electrons. The molecule has 0 spiro atoms. The maximum absolute atomic E-state index is 6.53. The highest BCUT2D eigenvalue weighted by molar-refractivity contribution is 5.98. The van der Waals surface area contributed by atoms with E-state index in [1.807, 2.05) is 32.0 Å². The molecule has 1 aliphatic rings. The molecular formula is C27H24N4O2. The number of benzene rings is 2. The van der Waals surface area contributed by atoms with E-state index >= 15 is 0 Å². The van der Waals surface area contributed by atoms with E-state index in [0.717, 1.165) is 46.5 Å². The van der Waals surface area contributed by atoms with Gasteiger partial charge in [-0.1, -0.05) is 59.8 Å². The Balaban J connectivity index is 1.54. The van der Waals surface area contributed by atoms with Crippen LogP contribution in [0.3, 0.4) is 0 Å². The van der Waals surface area contributed by atoms with Gasteiger partial charge in [0.05, 0.1) is 28.7 Å².